The van der Waals surface area contributed by atoms with Crippen molar-refractivity contribution in [2.45, 2.75) is 26.7 Å². The van der Waals surface area contributed by atoms with Crippen LogP contribution in [0.15, 0.2) is 60.9 Å². The summed E-state index contributed by atoms with van der Waals surface area (Å²) in [5.41, 5.74) is 4.41. The van der Waals surface area contributed by atoms with Crippen molar-refractivity contribution in [2.75, 3.05) is 0 Å². The third-order valence-electron chi connectivity index (χ3n) is 4.12. The van der Waals surface area contributed by atoms with Crippen molar-refractivity contribution in [1.29, 1.82) is 5.26 Å². The third kappa shape index (κ3) is 7.77. The molecule has 0 aliphatic rings. The van der Waals surface area contributed by atoms with E-state index in [4.69, 9.17) is 16.4 Å². The summed E-state index contributed by atoms with van der Waals surface area (Å²) in [7, 11) is 0. The molecule has 0 spiro atoms. The number of terminal acetylenes is 1. The van der Waals surface area contributed by atoms with Gasteiger partial charge < -0.3 is 9.47 Å². The minimum Gasteiger partial charge on any atom is -0.426 e. The number of carbonyl (C=O) groups is 2. The summed E-state index contributed by atoms with van der Waals surface area (Å²) < 4.78 is 9.99. The van der Waals surface area contributed by atoms with Gasteiger partial charge in [-0.3, -0.25) is 9.59 Å². The largest absolute Gasteiger partial charge is 0.426 e. The van der Waals surface area contributed by atoms with Gasteiger partial charge in [0.25, 0.3) is 0 Å². The van der Waals surface area contributed by atoms with E-state index < -0.39 is 23.8 Å². The highest BCUT2D eigenvalue weighted by molar-refractivity contribution is 5.78. The molecule has 0 radical (unpaired) electrons. The van der Waals surface area contributed by atoms with E-state index in [0.717, 1.165) is 11.1 Å². The van der Waals surface area contributed by atoms with Crippen LogP contribution in [0.4, 0.5) is 0 Å². The van der Waals surface area contributed by atoms with Crippen LogP contribution in [0, 0.1) is 35.7 Å². The molecule has 0 aliphatic heterocycles. The Hall–Kier alpha value is -3.79. The first-order chi connectivity index (χ1) is 14.0. The van der Waals surface area contributed by atoms with E-state index in [9.17, 15) is 9.59 Å². The number of carbonyl (C=O) groups excluding carboxylic acids is 2. The van der Waals surface area contributed by atoms with E-state index in [-0.39, 0.29) is 6.42 Å². The van der Waals surface area contributed by atoms with Crippen LogP contribution in [-0.2, 0) is 14.3 Å². The molecule has 0 fully saturated rings. The number of allylic oxidation sites excluding steroid dienone is 4. The summed E-state index contributed by atoms with van der Waals surface area (Å²) in [5, 5.41) is 8.57. The number of nitriles is 1. The standard InChI is InChI=1S/C24H23NO4/c1-5-10-20(11-8-9-16-25)21-12-14-22(15-13-21)29-24(27)19(6-2)17-18(4)23(26)28-7-3/h3,5,9-15,18-19H,1,6,17H2,2,4H3. The predicted octanol–water partition coefficient (Wildman–Crippen LogP) is 4.58. The molecule has 5 nitrogen and oxygen atoms in total. The van der Waals surface area contributed by atoms with Crippen LogP contribution in [0.3, 0.4) is 0 Å². The molecule has 0 N–H and O–H groups in total. The third-order valence-corrected chi connectivity index (χ3v) is 4.12. The number of esters is 2. The SMILES string of the molecule is C#COC(=O)C(C)CC(CC)C(=O)Oc1ccc(C(C=C=CC#N)=CC=C)cc1. The smallest absolute Gasteiger partial charge is 0.322 e. The summed E-state index contributed by atoms with van der Waals surface area (Å²) >= 11 is 0. The molecule has 1 aromatic rings. The molecule has 0 aromatic heterocycles. The second-order valence-electron chi connectivity index (χ2n) is 6.17. The molecule has 1 rings (SSSR count). The maximum atomic E-state index is 12.5. The number of rotatable bonds is 9. The van der Waals surface area contributed by atoms with Gasteiger partial charge in [-0.15, -0.1) is 5.73 Å². The second kappa shape index (κ2) is 12.6. The molecule has 5 heteroatoms. The van der Waals surface area contributed by atoms with E-state index in [2.05, 4.69) is 17.0 Å². The number of nitrogens with zero attached hydrogens (tertiary/aromatic N) is 1. The Morgan fingerprint density at radius 2 is 1.97 bits per heavy atom. The van der Waals surface area contributed by atoms with E-state index >= 15 is 0 Å². The van der Waals surface area contributed by atoms with E-state index in [0.29, 0.717) is 12.2 Å². The Morgan fingerprint density at radius 3 is 2.52 bits per heavy atom. The lowest BCUT2D eigenvalue weighted by Crippen LogP contribution is -2.25. The highest BCUT2D eigenvalue weighted by atomic mass is 16.5. The van der Waals surface area contributed by atoms with Crippen LogP contribution < -0.4 is 4.74 Å². The molecule has 0 saturated heterocycles. The van der Waals surface area contributed by atoms with E-state index in [1.807, 2.05) is 19.1 Å². The zero-order valence-corrected chi connectivity index (χ0v) is 16.6. The number of hydrogen-bond donors (Lipinski definition) is 0. The molecule has 2 unspecified atom stereocenters. The van der Waals surface area contributed by atoms with Crippen molar-refractivity contribution in [1.82, 2.24) is 0 Å². The van der Waals surface area contributed by atoms with E-state index in [1.165, 1.54) is 6.08 Å². The summed E-state index contributed by atoms with van der Waals surface area (Å²) in [4.78, 5) is 24.1. The lowest BCUT2D eigenvalue weighted by atomic mass is 9.94. The van der Waals surface area contributed by atoms with Crippen LogP contribution in [0.1, 0.15) is 32.3 Å². The molecule has 1 aromatic carbocycles. The average Bonchev–Trinajstić information content (AvgIpc) is 2.72. The first kappa shape index (κ1) is 23.2. The quantitative estimate of drug-likeness (QED) is 0.154. The molecule has 0 amide bonds. The molecule has 29 heavy (non-hydrogen) atoms. The normalized spacial score (nSPS) is 12.2. The van der Waals surface area contributed by atoms with Gasteiger partial charge in [-0.25, -0.2) is 0 Å². The van der Waals surface area contributed by atoms with Crippen LogP contribution in [-0.4, -0.2) is 11.9 Å². The summed E-state index contributed by atoms with van der Waals surface area (Å²) in [6.45, 7) is 7.18. The van der Waals surface area contributed by atoms with Gasteiger partial charge in [-0.05, 0) is 42.2 Å². The number of ether oxygens (including phenoxy) is 2. The molecule has 0 saturated carbocycles. The fraction of sp³-hybridized carbons (Fsp3) is 0.250. The Morgan fingerprint density at radius 1 is 1.28 bits per heavy atom. The van der Waals surface area contributed by atoms with Gasteiger partial charge in [-0.1, -0.05) is 51.1 Å². The Bertz CT molecular complexity index is 904. The van der Waals surface area contributed by atoms with Gasteiger partial charge in [0.1, 0.15) is 11.9 Å². The van der Waals surface area contributed by atoms with Gasteiger partial charge in [0.05, 0.1) is 24.0 Å². The van der Waals surface area contributed by atoms with Gasteiger partial charge in [0.15, 0.2) is 0 Å². The molecule has 0 aliphatic carbocycles. The van der Waals surface area contributed by atoms with Crippen molar-refractivity contribution in [2.24, 2.45) is 11.8 Å². The molecular formula is C24H23NO4. The number of benzene rings is 1. The highest BCUT2D eigenvalue weighted by Crippen LogP contribution is 2.23. The highest BCUT2D eigenvalue weighted by Gasteiger charge is 2.25. The molecule has 148 valence electrons. The van der Waals surface area contributed by atoms with Gasteiger partial charge in [-0.2, -0.15) is 5.26 Å². The van der Waals surface area contributed by atoms with Crippen molar-refractivity contribution in [3.05, 3.63) is 66.4 Å². The number of hydrogen-bond acceptors (Lipinski definition) is 5. The fourth-order valence-corrected chi connectivity index (χ4v) is 2.55. The Labute approximate surface area is 171 Å². The van der Waals surface area contributed by atoms with Crippen LogP contribution in [0.2, 0.25) is 0 Å². The molecule has 2 atom stereocenters. The predicted molar refractivity (Wildman–Crippen MR) is 111 cm³/mol. The van der Waals surface area contributed by atoms with Crippen molar-refractivity contribution >= 4 is 17.5 Å². The molecule has 0 heterocycles. The first-order valence-corrected chi connectivity index (χ1v) is 9.08. The topological polar surface area (TPSA) is 76.4 Å². The minimum atomic E-state index is -0.539. The van der Waals surface area contributed by atoms with Crippen molar-refractivity contribution in [3.63, 3.8) is 0 Å². The zero-order valence-electron chi connectivity index (χ0n) is 16.6. The van der Waals surface area contributed by atoms with Crippen LogP contribution in [0.25, 0.3) is 5.57 Å². The minimum absolute atomic E-state index is 0.288. The lowest BCUT2D eigenvalue weighted by Gasteiger charge is -2.17. The van der Waals surface area contributed by atoms with Crippen LogP contribution in [0.5, 0.6) is 5.75 Å². The lowest BCUT2D eigenvalue weighted by molar-refractivity contribution is -0.143. The maximum absolute atomic E-state index is 12.5. The van der Waals surface area contributed by atoms with Crippen molar-refractivity contribution < 1.29 is 19.1 Å². The first-order valence-electron chi connectivity index (χ1n) is 9.08. The molecule has 0 bridgehead atoms. The Kier molecular flexibility index (Phi) is 10.1. The summed E-state index contributed by atoms with van der Waals surface area (Å²) in [6.07, 6.45) is 13.9. The average molecular weight is 389 g/mol. The van der Waals surface area contributed by atoms with Gasteiger partial charge >= 0.3 is 11.9 Å². The van der Waals surface area contributed by atoms with E-state index in [1.54, 1.807) is 49.4 Å². The van der Waals surface area contributed by atoms with Crippen LogP contribution >= 0.6 is 0 Å². The maximum Gasteiger partial charge on any atom is 0.322 e. The fourth-order valence-electron chi connectivity index (χ4n) is 2.55. The van der Waals surface area contributed by atoms with Gasteiger partial charge in [0.2, 0.25) is 0 Å². The zero-order chi connectivity index (χ0) is 21.6. The second-order valence-corrected chi connectivity index (χ2v) is 6.17. The Balaban J connectivity index is 2.86. The van der Waals surface area contributed by atoms with Crippen molar-refractivity contribution in [3.8, 4) is 24.3 Å². The summed E-state index contributed by atoms with van der Waals surface area (Å²) in [5.74, 6) is -1.52. The molecular weight excluding hydrogens is 366 g/mol. The van der Waals surface area contributed by atoms with Gasteiger partial charge in [0, 0.05) is 0 Å². The summed E-state index contributed by atoms with van der Waals surface area (Å²) in [6, 6.07) is 8.80. The monoisotopic (exact) mass is 389 g/mol.